The minimum absolute atomic E-state index is 0.287. The van der Waals surface area contributed by atoms with Crippen LogP contribution in [-0.2, 0) is 13.0 Å². The molecule has 5 heteroatoms. The van der Waals surface area contributed by atoms with Crippen molar-refractivity contribution in [3.05, 3.63) is 52.3 Å². The Morgan fingerprint density at radius 3 is 3.00 bits per heavy atom. The second-order valence-electron chi connectivity index (χ2n) is 3.99. The van der Waals surface area contributed by atoms with E-state index in [1.54, 1.807) is 24.4 Å². The fourth-order valence-corrected chi connectivity index (χ4v) is 2.26. The third kappa shape index (κ3) is 2.62. The van der Waals surface area contributed by atoms with Crippen LogP contribution < -0.4 is 0 Å². The lowest BCUT2D eigenvalue weighted by atomic mass is 10.1. The number of hydrogen-bond acceptors (Lipinski definition) is 2. The van der Waals surface area contributed by atoms with Gasteiger partial charge in [-0.1, -0.05) is 12.1 Å². The van der Waals surface area contributed by atoms with Crippen LogP contribution in [0.15, 0.2) is 35.1 Å². The normalized spacial score (nSPS) is 12.7. The number of aliphatic hydroxyl groups excluding tert-OH is 1. The lowest BCUT2D eigenvalue weighted by molar-refractivity contribution is 0.169. The van der Waals surface area contributed by atoms with Crippen LogP contribution in [0.25, 0.3) is 0 Å². The van der Waals surface area contributed by atoms with E-state index >= 15 is 0 Å². The van der Waals surface area contributed by atoms with Crippen LogP contribution in [-0.4, -0.2) is 14.7 Å². The predicted octanol–water partition coefficient (Wildman–Crippen LogP) is 3.08. The zero-order chi connectivity index (χ0) is 13.1. The van der Waals surface area contributed by atoms with E-state index in [1.165, 1.54) is 0 Å². The van der Waals surface area contributed by atoms with Crippen LogP contribution in [0, 0.1) is 5.82 Å². The zero-order valence-electron chi connectivity index (χ0n) is 9.98. The van der Waals surface area contributed by atoms with Gasteiger partial charge in [-0.15, -0.1) is 0 Å². The Labute approximate surface area is 113 Å². The number of imidazole rings is 1. The first-order valence-electron chi connectivity index (χ1n) is 5.75. The van der Waals surface area contributed by atoms with Gasteiger partial charge in [-0.3, -0.25) is 0 Å². The maximum absolute atomic E-state index is 13.8. The molecule has 1 aromatic carbocycles. The molecule has 0 bridgehead atoms. The number of halogens is 2. The number of aromatic nitrogens is 2. The van der Waals surface area contributed by atoms with Crippen molar-refractivity contribution in [1.82, 2.24) is 9.55 Å². The van der Waals surface area contributed by atoms with Crippen molar-refractivity contribution in [3.8, 4) is 0 Å². The molecule has 0 saturated heterocycles. The molecule has 0 fully saturated rings. The summed E-state index contributed by atoms with van der Waals surface area (Å²) in [4.78, 5) is 4.17. The summed E-state index contributed by atoms with van der Waals surface area (Å²) >= 11 is 3.11. The highest BCUT2D eigenvalue weighted by atomic mass is 79.9. The summed E-state index contributed by atoms with van der Waals surface area (Å²) in [6.07, 6.45) is 2.94. The van der Waals surface area contributed by atoms with Crippen LogP contribution in [0.1, 0.15) is 24.4 Å². The summed E-state index contributed by atoms with van der Waals surface area (Å²) in [5.41, 5.74) is 0.287. The third-order valence-corrected chi connectivity index (χ3v) is 3.47. The molecule has 0 radical (unpaired) electrons. The lowest BCUT2D eigenvalue weighted by Crippen LogP contribution is -2.09. The van der Waals surface area contributed by atoms with Crippen molar-refractivity contribution in [2.45, 2.75) is 26.0 Å². The minimum Gasteiger partial charge on any atom is -0.388 e. The molecule has 0 aliphatic carbocycles. The van der Waals surface area contributed by atoms with E-state index in [0.717, 1.165) is 12.4 Å². The molecule has 96 valence electrons. The second-order valence-corrected chi connectivity index (χ2v) is 4.85. The monoisotopic (exact) mass is 312 g/mol. The highest BCUT2D eigenvalue weighted by Crippen LogP contribution is 2.25. The zero-order valence-corrected chi connectivity index (χ0v) is 11.6. The van der Waals surface area contributed by atoms with Gasteiger partial charge < -0.3 is 9.67 Å². The first-order valence-corrected chi connectivity index (χ1v) is 6.54. The molecule has 18 heavy (non-hydrogen) atoms. The van der Waals surface area contributed by atoms with Gasteiger partial charge in [0.1, 0.15) is 11.6 Å². The maximum atomic E-state index is 13.8. The fourth-order valence-electron chi connectivity index (χ4n) is 1.88. The standard InChI is InChI=1S/C13H14BrFN2O/c1-2-17-7-6-16-12(17)8-11(18)9-4-3-5-10(14)13(9)15/h3-7,11,18H,2,8H2,1H3. The summed E-state index contributed by atoms with van der Waals surface area (Å²) in [5, 5.41) is 10.1. The van der Waals surface area contributed by atoms with Crippen molar-refractivity contribution in [3.63, 3.8) is 0 Å². The average Bonchev–Trinajstić information content (AvgIpc) is 2.79. The molecule has 1 unspecified atom stereocenters. The van der Waals surface area contributed by atoms with Gasteiger partial charge in [0, 0.05) is 30.9 Å². The highest BCUT2D eigenvalue weighted by molar-refractivity contribution is 9.10. The molecule has 2 rings (SSSR count). The molecule has 0 amide bonds. The van der Waals surface area contributed by atoms with E-state index in [-0.39, 0.29) is 5.56 Å². The van der Waals surface area contributed by atoms with Gasteiger partial charge in [0.2, 0.25) is 0 Å². The number of benzene rings is 1. The Balaban J connectivity index is 2.22. The van der Waals surface area contributed by atoms with Gasteiger partial charge in [-0.05, 0) is 28.9 Å². The number of nitrogens with zero attached hydrogens (tertiary/aromatic N) is 2. The number of aliphatic hydroxyl groups is 1. The van der Waals surface area contributed by atoms with E-state index in [9.17, 15) is 9.50 Å². The topological polar surface area (TPSA) is 38.0 Å². The summed E-state index contributed by atoms with van der Waals surface area (Å²) in [5.74, 6) is 0.337. The van der Waals surface area contributed by atoms with Gasteiger partial charge in [-0.25, -0.2) is 9.37 Å². The predicted molar refractivity (Wildman–Crippen MR) is 70.7 cm³/mol. The quantitative estimate of drug-likeness (QED) is 0.942. The summed E-state index contributed by atoms with van der Waals surface area (Å²) in [6.45, 7) is 2.78. The van der Waals surface area contributed by atoms with Crippen molar-refractivity contribution in [2.75, 3.05) is 0 Å². The van der Waals surface area contributed by atoms with Crippen LogP contribution in [0.2, 0.25) is 0 Å². The van der Waals surface area contributed by atoms with Crippen molar-refractivity contribution >= 4 is 15.9 Å². The molecule has 1 N–H and O–H groups in total. The molecule has 0 aliphatic rings. The molecular weight excluding hydrogens is 299 g/mol. The van der Waals surface area contributed by atoms with Crippen molar-refractivity contribution in [1.29, 1.82) is 0 Å². The molecule has 1 atom stereocenters. The maximum Gasteiger partial charge on any atom is 0.143 e. The van der Waals surface area contributed by atoms with Crippen LogP contribution in [0.4, 0.5) is 4.39 Å². The second kappa shape index (κ2) is 5.63. The Kier molecular flexibility index (Phi) is 4.14. The highest BCUT2D eigenvalue weighted by Gasteiger charge is 2.17. The van der Waals surface area contributed by atoms with Crippen molar-refractivity contribution in [2.24, 2.45) is 0 Å². The summed E-state index contributed by atoms with van der Waals surface area (Å²) in [7, 11) is 0. The van der Waals surface area contributed by atoms with E-state index in [1.807, 2.05) is 17.7 Å². The van der Waals surface area contributed by atoms with Gasteiger partial charge in [0.05, 0.1) is 10.6 Å². The van der Waals surface area contributed by atoms with Gasteiger partial charge in [0.15, 0.2) is 0 Å². The summed E-state index contributed by atoms with van der Waals surface area (Å²) < 4.78 is 16.1. The van der Waals surface area contributed by atoms with Crippen molar-refractivity contribution < 1.29 is 9.50 Å². The van der Waals surface area contributed by atoms with Gasteiger partial charge in [0.25, 0.3) is 0 Å². The van der Waals surface area contributed by atoms with E-state index in [2.05, 4.69) is 20.9 Å². The van der Waals surface area contributed by atoms with E-state index in [4.69, 9.17) is 0 Å². The first kappa shape index (κ1) is 13.2. The Morgan fingerprint density at radius 1 is 1.50 bits per heavy atom. The molecule has 3 nitrogen and oxygen atoms in total. The van der Waals surface area contributed by atoms with E-state index in [0.29, 0.717) is 10.9 Å². The molecule has 1 aromatic heterocycles. The molecule has 1 heterocycles. The van der Waals surface area contributed by atoms with Crippen LogP contribution >= 0.6 is 15.9 Å². The van der Waals surface area contributed by atoms with Gasteiger partial charge in [-0.2, -0.15) is 0 Å². The van der Waals surface area contributed by atoms with Crippen LogP contribution in [0.3, 0.4) is 0 Å². The lowest BCUT2D eigenvalue weighted by Gasteiger charge is -2.13. The fraction of sp³-hybridized carbons (Fsp3) is 0.308. The largest absolute Gasteiger partial charge is 0.388 e. The Morgan fingerprint density at radius 2 is 2.28 bits per heavy atom. The van der Waals surface area contributed by atoms with Crippen LogP contribution in [0.5, 0.6) is 0 Å². The molecular formula is C13H14BrFN2O. The molecule has 0 spiro atoms. The Hall–Kier alpha value is -1.20. The Bertz CT molecular complexity index is 542. The van der Waals surface area contributed by atoms with Gasteiger partial charge >= 0.3 is 0 Å². The smallest absolute Gasteiger partial charge is 0.143 e. The number of aryl methyl sites for hydroxylation is 1. The third-order valence-electron chi connectivity index (χ3n) is 2.86. The molecule has 2 aromatic rings. The summed E-state index contributed by atoms with van der Waals surface area (Å²) in [6, 6.07) is 4.90. The average molecular weight is 313 g/mol. The van der Waals surface area contributed by atoms with E-state index < -0.39 is 11.9 Å². The SMILES string of the molecule is CCn1ccnc1CC(O)c1cccc(Br)c1F. The molecule has 0 aliphatic heterocycles. The molecule has 0 saturated carbocycles. The number of hydrogen-bond donors (Lipinski definition) is 1. The first-order chi connectivity index (χ1) is 8.63. The minimum atomic E-state index is -0.893. The number of rotatable bonds is 4.